The zero-order chi connectivity index (χ0) is 30.9. The molecule has 2 aromatic rings. The van der Waals surface area contributed by atoms with Gasteiger partial charge in [0.15, 0.2) is 11.5 Å². The summed E-state index contributed by atoms with van der Waals surface area (Å²) in [6.45, 7) is 1.30. The van der Waals surface area contributed by atoms with E-state index in [2.05, 4.69) is 15.3 Å². The van der Waals surface area contributed by atoms with E-state index in [0.29, 0.717) is 29.8 Å². The van der Waals surface area contributed by atoms with Gasteiger partial charge in [0.1, 0.15) is 5.82 Å². The number of guanidine groups is 1. The summed E-state index contributed by atoms with van der Waals surface area (Å²) >= 11 is 0. The second-order valence-corrected chi connectivity index (χ2v) is 11.0. The first-order valence-electron chi connectivity index (χ1n) is 14.3. The van der Waals surface area contributed by atoms with Gasteiger partial charge < -0.3 is 16.0 Å². The first kappa shape index (κ1) is 30.2. The van der Waals surface area contributed by atoms with Crippen molar-refractivity contribution in [3.05, 3.63) is 81.9 Å². The van der Waals surface area contributed by atoms with Gasteiger partial charge in [0, 0.05) is 13.3 Å². The Kier molecular flexibility index (Phi) is 8.31. The van der Waals surface area contributed by atoms with Crippen LogP contribution in [0.5, 0.6) is 0 Å². The minimum absolute atomic E-state index is 0.0483. The van der Waals surface area contributed by atoms with Crippen LogP contribution in [0.25, 0.3) is 0 Å². The Bertz CT molecular complexity index is 1490. The second kappa shape index (κ2) is 11.8. The summed E-state index contributed by atoms with van der Waals surface area (Å²) in [5, 5.41) is 2.96. The fraction of sp³-hybridized carbons (Fsp3) is 0.419. The Morgan fingerprint density at radius 2 is 1.84 bits per heavy atom. The van der Waals surface area contributed by atoms with Crippen molar-refractivity contribution >= 4 is 24.0 Å². The molecule has 0 radical (unpaired) electrons. The van der Waals surface area contributed by atoms with Gasteiger partial charge in [-0.3, -0.25) is 19.5 Å². The Hall–Kier alpha value is -4.22. The third kappa shape index (κ3) is 5.50. The molecule has 12 heteroatoms. The van der Waals surface area contributed by atoms with Crippen molar-refractivity contribution < 1.29 is 27.2 Å². The fourth-order valence-corrected chi connectivity index (χ4v) is 6.51. The Balaban J connectivity index is 1.51. The molecule has 228 valence electrons. The lowest BCUT2D eigenvalue weighted by Crippen LogP contribution is -2.47. The second-order valence-electron chi connectivity index (χ2n) is 11.0. The molecule has 1 unspecified atom stereocenters. The topological polar surface area (TPSA) is 103 Å². The van der Waals surface area contributed by atoms with Crippen LogP contribution in [-0.4, -0.2) is 53.9 Å². The van der Waals surface area contributed by atoms with Crippen molar-refractivity contribution in [3.8, 4) is 0 Å². The van der Waals surface area contributed by atoms with Crippen LogP contribution < -0.4 is 11.1 Å². The number of nitrogens with one attached hydrogen (secondary N) is 1. The number of nitrogens with two attached hydrogens (primary N) is 1. The number of hydrogen-bond donors (Lipinski definition) is 2. The third-order valence-electron chi connectivity index (χ3n) is 8.52. The summed E-state index contributed by atoms with van der Waals surface area (Å²) in [5.74, 6) is -2.31. The van der Waals surface area contributed by atoms with E-state index in [1.165, 1.54) is 41.3 Å². The standard InChI is InChI=1S/C31H34F4N6O2/c1-3-38-25-18-40(17-24(25)37-2)27(42)23-11-7-8-19(26(23)31(33,34)35)16-41-28(43)30(39-29(41)36,20-9-5-4-6-10-20)21-12-14-22(32)15-13-21/h3,7-8,11-15,20,37H,4-6,9-10,16-18H2,1-2H3,(H2,36,39). The summed E-state index contributed by atoms with van der Waals surface area (Å²) in [6, 6.07) is 9.21. The highest BCUT2D eigenvalue weighted by Crippen LogP contribution is 2.47. The van der Waals surface area contributed by atoms with Gasteiger partial charge in [-0.2, -0.15) is 13.2 Å². The number of aliphatic imine (C=N–C) groups is 2. The number of rotatable bonds is 7. The van der Waals surface area contributed by atoms with E-state index in [1.807, 2.05) is 0 Å². The predicted molar refractivity (Wildman–Crippen MR) is 154 cm³/mol. The molecule has 0 bridgehead atoms. The van der Waals surface area contributed by atoms with Crippen molar-refractivity contribution in [3.63, 3.8) is 0 Å². The number of likely N-dealkylation sites (N-methyl/N-ethyl adjacent to an activating group) is 1. The van der Waals surface area contributed by atoms with E-state index < -0.39 is 47.0 Å². The van der Waals surface area contributed by atoms with Gasteiger partial charge in [-0.1, -0.05) is 43.5 Å². The quantitative estimate of drug-likeness (QED) is 0.348. The summed E-state index contributed by atoms with van der Waals surface area (Å²) in [5.41, 5.74) is 4.55. The SMILES string of the molecule is CC=NC1=C(NC)CN(C(=O)c2cccc(CN3C(=O)C(c4ccc(F)cc4)(C4CCCCC4)N=C3N)c2C(F)(F)F)C1. The molecule has 0 spiro atoms. The van der Waals surface area contributed by atoms with Crippen LogP contribution in [0.15, 0.2) is 63.8 Å². The molecule has 43 heavy (non-hydrogen) atoms. The molecule has 0 aromatic heterocycles. The molecule has 3 N–H and O–H groups in total. The Labute approximate surface area is 247 Å². The number of carbonyl (C=O) groups excluding carboxylic acids is 2. The molecule has 2 aliphatic heterocycles. The van der Waals surface area contributed by atoms with E-state index in [1.54, 1.807) is 20.2 Å². The fourth-order valence-electron chi connectivity index (χ4n) is 6.51. The highest BCUT2D eigenvalue weighted by atomic mass is 19.4. The average Bonchev–Trinajstić information content (AvgIpc) is 3.51. The molecule has 1 fully saturated rings. The van der Waals surface area contributed by atoms with Gasteiger partial charge in [0.25, 0.3) is 11.8 Å². The first-order valence-corrected chi connectivity index (χ1v) is 14.3. The van der Waals surface area contributed by atoms with Crippen LogP contribution in [0, 0.1) is 11.7 Å². The normalized spacial score (nSPS) is 21.7. The van der Waals surface area contributed by atoms with Crippen molar-refractivity contribution in [2.75, 3.05) is 20.1 Å². The van der Waals surface area contributed by atoms with Crippen molar-refractivity contribution in [1.29, 1.82) is 0 Å². The van der Waals surface area contributed by atoms with Crippen molar-refractivity contribution in [1.82, 2.24) is 15.1 Å². The molecule has 5 rings (SSSR count). The number of nitrogens with zero attached hydrogens (tertiary/aromatic N) is 4. The Morgan fingerprint density at radius 1 is 1.14 bits per heavy atom. The number of amides is 2. The minimum atomic E-state index is -4.91. The van der Waals surface area contributed by atoms with Crippen molar-refractivity contribution in [2.24, 2.45) is 21.6 Å². The van der Waals surface area contributed by atoms with E-state index in [0.717, 1.165) is 30.2 Å². The van der Waals surface area contributed by atoms with E-state index in [4.69, 9.17) is 5.73 Å². The minimum Gasteiger partial charge on any atom is -0.388 e. The predicted octanol–water partition coefficient (Wildman–Crippen LogP) is 4.95. The molecule has 2 aromatic carbocycles. The van der Waals surface area contributed by atoms with Crippen LogP contribution in [0.4, 0.5) is 17.6 Å². The van der Waals surface area contributed by atoms with Crippen LogP contribution in [0.2, 0.25) is 0 Å². The highest BCUT2D eigenvalue weighted by molar-refractivity contribution is 6.07. The number of hydrogen-bond acceptors (Lipinski definition) is 6. The van der Waals surface area contributed by atoms with Crippen LogP contribution in [-0.2, 0) is 23.1 Å². The highest BCUT2D eigenvalue weighted by Gasteiger charge is 2.54. The summed E-state index contributed by atoms with van der Waals surface area (Å²) < 4.78 is 57.9. The molecule has 1 atom stereocenters. The largest absolute Gasteiger partial charge is 0.417 e. The molecule has 1 saturated carbocycles. The number of benzene rings is 2. The molecule has 1 aliphatic carbocycles. The van der Waals surface area contributed by atoms with Crippen LogP contribution in [0.1, 0.15) is 66.1 Å². The number of halogens is 4. The van der Waals surface area contributed by atoms with Gasteiger partial charge in [0.2, 0.25) is 0 Å². The van der Waals surface area contributed by atoms with E-state index in [-0.39, 0.29) is 30.5 Å². The monoisotopic (exact) mass is 598 g/mol. The molecule has 0 saturated heterocycles. The van der Waals surface area contributed by atoms with E-state index >= 15 is 0 Å². The Morgan fingerprint density at radius 3 is 2.47 bits per heavy atom. The van der Waals surface area contributed by atoms with Crippen LogP contribution in [0.3, 0.4) is 0 Å². The van der Waals surface area contributed by atoms with Gasteiger partial charge >= 0.3 is 6.18 Å². The molecule has 2 amide bonds. The zero-order valence-corrected chi connectivity index (χ0v) is 24.0. The van der Waals surface area contributed by atoms with Crippen LogP contribution >= 0.6 is 0 Å². The molecular weight excluding hydrogens is 564 g/mol. The zero-order valence-electron chi connectivity index (χ0n) is 24.0. The third-order valence-corrected chi connectivity index (χ3v) is 8.52. The average molecular weight is 599 g/mol. The lowest BCUT2D eigenvalue weighted by Gasteiger charge is -2.36. The molecule has 3 aliphatic rings. The lowest BCUT2D eigenvalue weighted by atomic mass is 9.71. The number of carbonyl (C=O) groups is 2. The van der Waals surface area contributed by atoms with Gasteiger partial charge in [-0.25, -0.2) is 9.38 Å². The van der Waals surface area contributed by atoms with Gasteiger partial charge in [0.05, 0.1) is 42.2 Å². The lowest BCUT2D eigenvalue weighted by molar-refractivity contribution is -0.140. The van der Waals surface area contributed by atoms with Crippen molar-refractivity contribution in [2.45, 2.75) is 57.3 Å². The maximum atomic E-state index is 14.7. The first-order chi connectivity index (χ1) is 20.5. The number of alkyl halides is 3. The van der Waals surface area contributed by atoms with E-state index in [9.17, 15) is 27.2 Å². The molecular formula is C31H34F4N6O2. The maximum absolute atomic E-state index is 14.7. The summed E-state index contributed by atoms with van der Waals surface area (Å²) in [7, 11) is 1.66. The summed E-state index contributed by atoms with van der Waals surface area (Å²) in [4.78, 5) is 39.0. The van der Waals surface area contributed by atoms with Gasteiger partial charge in [-0.15, -0.1) is 0 Å². The smallest absolute Gasteiger partial charge is 0.388 e. The van der Waals surface area contributed by atoms with Gasteiger partial charge in [-0.05, 0) is 55.0 Å². The summed E-state index contributed by atoms with van der Waals surface area (Å²) in [6.07, 6.45) is 0.729. The molecule has 8 nitrogen and oxygen atoms in total. The maximum Gasteiger partial charge on any atom is 0.417 e. The molecule has 2 heterocycles.